The Hall–Kier alpha value is -1.99. The smallest absolute Gasteiger partial charge is 0.235 e. The minimum absolute atomic E-state index is 0.00910. The maximum atomic E-state index is 11.8. The highest BCUT2D eigenvalue weighted by molar-refractivity contribution is 7.92. The summed E-state index contributed by atoms with van der Waals surface area (Å²) in [6.07, 6.45) is 1.98. The van der Waals surface area contributed by atoms with Crippen molar-refractivity contribution in [1.82, 2.24) is 14.3 Å². The van der Waals surface area contributed by atoms with E-state index in [1.807, 2.05) is 42.1 Å². The molecule has 114 valence electrons. The van der Waals surface area contributed by atoms with Crippen molar-refractivity contribution >= 4 is 38.3 Å². The molecule has 0 spiro atoms. The monoisotopic (exact) mass is 336 g/mol. The van der Waals surface area contributed by atoms with Crippen LogP contribution in [0.25, 0.3) is 22.0 Å². The summed E-state index contributed by atoms with van der Waals surface area (Å²) < 4.78 is 29.8. The summed E-state index contributed by atoms with van der Waals surface area (Å²) in [6, 6.07) is 7.91. The van der Waals surface area contributed by atoms with Crippen LogP contribution in [-0.2, 0) is 23.6 Å². The number of rotatable bonds is 1. The Bertz CT molecular complexity index is 1000. The van der Waals surface area contributed by atoms with E-state index in [0.717, 1.165) is 16.5 Å². The Balaban J connectivity index is 1.93. The molecule has 0 radical (unpaired) electrons. The number of benzene rings is 1. The van der Waals surface area contributed by atoms with Gasteiger partial charge in [0.05, 0.1) is 17.9 Å². The molecule has 0 atom stereocenters. The van der Waals surface area contributed by atoms with Crippen LogP contribution in [0, 0.1) is 0 Å². The van der Waals surface area contributed by atoms with Gasteiger partial charge in [0.25, 0.3) is 0 Å². The fourth-order valence-corrected chi connectivity index (χ4v) is 4.10. The standard InChI is InChI=1S/C14H13ClN4O2S/c1-18-5-4-9-8-10(2-3-11(9)18)12-13(15)16-19-6-7-22(20,21)17-14(12)19/h2-5,8,17H,6-7H2,1H3. The van der Waals surface area contributed by atoms with E-state index in [4.69, 9.17) is 11.6 Å². The quantitative estimate of drug-likeness (QED) is 0.742. The van der Waals surface area contributed by atoms with Crippen molar-refractivity contribution in [3.05, 3.63) is 35.6 Å². The zero-order valence-electron chi connectivity index (χ0n) is 11.7. The lowest BCUT2D eigenvalue weighted by Crippen LogP contribution is -2.28. The molecule has 1 N–H and O–H groups in total. The molecule has 1 aliphatic heterocycles. The van der Waals surface area contributed by atoms with E-state index in [1.54, 1.807) is 4.68 Å². The van der Waals surface area contributed by atoms with Crippen molar-refractivity contribution in [2.75, 3.05) is 10.5 Å². The summed E-state index contributed by atoms with van der Waals surface area (Å²) in [5, 5.41) is 5.59. The van der Waals surface area contributed by atoms with Crippen LogP contribution in [0.15, 0.2) is 30.5 Å². The molecular formula is C14H13ClN4O2S. The van der Waals surface area contributed by atoms with Gasteiger partial charge in [-0.3, -0.25) is 4.72 Å². The Morgan fingerprint density at radius 1 is 1.32 bits per heavy atom. The lowest BCUT2D eigenvalue weighted by Gasteiger charge is -2.17. The number of hydrogen-bond donors (Lipinski definition) is 1. The summed E-state index contributed by atoms with van der Waals surface area (Å²) >= 11 is 6.25. The maximum absolute atomic E-state index is 11.8. The average molecular weight is 337 g/mol. The van der Waals surface area contributed by atoms with Gasteiger partial charge in [0, 0.05) is 24.1 Å². The second-order valence-corrected chi connectivity index (χ2v) is 7.56. The van der Waals surface area contributed by atoms with Gasteiger partial charge in [-0.1, -0.05) is 17.7 Å². The van der Waals surface area contributed by atoms with Crippen molar-refractivity contribution in [3.63, 3.8) is 0 Å². The van der Waals surface area contributed by atoms with Gasteiger partial charge >= 0.3 is 0 Å². The van der Waals surface area contributed by atoms with Crippen LogP contribution in [0.4, 0.5) is 5.82 Å². The molecule has 4 rings (SSSR count). The first-order chi connectivity index (χ1) is 10.4. The highest BCUT2D eigenvalue weighted by Gasteiger charge is 2.27. The van der Waals surface area contributed by atoms with E-state index in [-0.39, 0.29) is 5.75 Å². The number of nitrogens with zero attached hydrogens (tertiary/aromatic N) is 3. The maximum Gasteiger partial charge on any atom is 0.235 e. The number of halogens is 1. The highest BCUT2D eigenvalue weighted by atomic mass is 35.5. The number of hydrogen-bond acceptors (Lipinski definition) is 3. The van der Waals surface area contributed by atoms with Crippen LogP contribution < -0.4 is 4.72 Å². The van der Waals surface area contributed by atoms with E-state index < -0.39 is 10.0 Å². The van der Waals surface area contributed by atoms with Crippen LogP contribution in [0.3, 0.4) is 0 Å². The van der Waals surface area contributed by atoms with Gasteiger partial charge in [-0.2, -0.15) is 5.10 Å². The van der Waals surface area contributed by atoms with E-state index in [2.05, 4.69) is 9.82 Å². The summed E-state index contributed by atoms with van der Waals surface area (Å²) in [5.74, 6) is 0.446. The Kier molecular flexibility index (Phi) is 2.79. The molecule has 2 aromatic heterocycles. The number of sulfonamides is 1. The predicted octanol–water partition coefficient (Wildman–Crippen LogP) is 2.45. The molecule has 3 aromatic rings. The third-order valence-corrected chi connectivity index (χ3v) is 5.40. The number of nitrogens with one attached hydrogen (secondary N) is 1. The zero-order chi connectivity index (χ0) is 15.5. The van der Waals surface area contributed by atoms with Gasteiger partial charge in [0.2, 0.25) is 10.0 Å². The highest BCUT2D eigenvalue weighted by Crippen LogP contribution is 2.38. The van der Waals surface area contributed by atoms with Gasteiger partial charge in [0.15, 0.2) is 5.15 Å². The molecule has 0 aliphatic carbocycles. The molecule has 0 saturated heterocycles. The van der Waals surface area contributed by atoms with Gasteiger partial charge in [0.1, 0.15) is 5.82 Å². The van der Waals surface area contributed by atoms with Crippen molar-refractivity contribution in [2.45, 2.75) is 6.54 Å². The van der Waals surface area contributed by atoms with Crippen LogP contribution in [-0.4, -0.2) is 28.5 Å². The molecule has 0 fully saturated rings. The molecule has 1 aliphatic rings. The number of fused-ring (bicyclic) bond motifs is 2. The Labute approximate surface area is 132 Å². The Morgan fingerprint density at radius 2 is 2.14 bits per heavy atom. The first kappa shape index (κ1) is 13.7. The summed E-state index contributed by atoms with van der Waals surface area (Å²) in [6.45, 7) is 0.304. The molecule has 8 heteroatoms. The summed E-state index contributed by atoms with van der Waals surface area (Å²) in [5.41, 5.74) is 2.56. The van der Waals surface area contributed by atoms with Gasteiger partial charge in [-0.25, -0.2) is 13.1 Å². The second kappa shape index (κ2) is 4.50. The van der Waals surface area contributed by atoms with E-state index in [9.17, 15) is 8.42 Å². The van der Waals surface area contributed by atoms with Gasteiger partial charge in [-0.05, 0) is 23.8 Å². The van der Waals surface area contributed by atoms with Crippen molar-refractivity contribution in [3.8, 4) is 11.1 Å². The summed E-state index contributed by atoms with van der Waals surface area (Å²) in [4.78, 5) is 0. The topological polar surface area (TPSA) is 68.9 Å². The second-order valence-electron chi connectivity index (χ2n) is 5.36. The largest absolute Gasteiger partial charge is 0.351 e. The molecular weight excluding hydrogens is 324 g/mol. The van der Waals surface area contributed by atoms with Crippen LogP contribution in [0.5, 0.6) is 0 Å². The minimum Gasteiger partial charge on any atom is -0.351 e. The number of aromatic nitrogens is 3. The van der Waals surface area contributed by atoms with E-state index in [0.29, 0.717) is 23.1 Å². The van der Waals surface area contributed by atoms with Crippen LogP contribution in [0.2, 0.25) is 5.15 Å². The van der Waals surface area contributed by atoms with Gasteiger partial charge < -0.3 is 4.57 Å². The number of aryl methyl sites for hydroxylation is 2. The molecule has 22 heavy (non-hydrogen) atoms. The van der Waals surface area contributed by atoms with Crippen LogP contribution in [0.1, 0.15) is 0 Å². The first-order valence-electron chi connectivity index (χ1n) is 6.77. The molecule has 6 nitrogen and oxygen atoms in total. The molecule has 1 aromatic carbocycles. The van der Waals surface area contributed by atoms with Crippen molar-refractivity contribution in [2.24, 2.45) is 7.05 Å². The summed E-state index contributed by atoms with van der Waals surface area (Å²) in [7, 11) is -1.35. The molecule has 0 bridgehead atoms. The fourth-order valence-electron chi connectivity index (χ4n) is 2.80. The predicted molar refractivity (Wildman–Crippen MR) is 86.6 cm³/mol. The fraction of sp³-hybridized carbons (Fsp3) is 0.214. The third-order valence-electron chi connectivity index (χ3n) is 3.91. The zero-order valence-corrected chi connectivity index (χ0v) is 13.3. The third kappa shape index (κ3) is 2.00. The molecule has 3 heterocycles. The first-order valence-corrected chi connectivity index (χ1v) is 8.80. The Morgan fingerprint density at radius 3 is 2.95 bits per heavy atom. The minimum atomic E-state index is -3.33. The van der Waals surface area contributed by atoms with Crippen LogP contribution >= 0.6 is 11.6 Å². The lowest BCUT2D eigenvalue weighted by atomic mass is 10.1. The molecule has 0 saturated carbocycles. The van der Waals surface area contributed by atoms with E-state index >= 15 is 0 Å². The van der Waals surface area contributed by atoms with Crippen molar-refractivity contribution in [1.29, 1.82) is 0 Å². The lowest BCUT2D eigenvalue weighted by molar-refractivity contribution is 0.577. The SMILES string of the molecule is Cn1ccc2cc(-c3c(Cl)nn4c3NS(=O)(=O)CC4)ccc21. The normalized spacial score (nSPS) is 16.5. The number of anilines is 1. The van der Waals surface area contributed by atoms with Gasteiger partial charge in [-0.15, -0.1) is 0 Å². The molecule has 0 unspecified atom stereocenters. The average Bonchev–Trinajstić information content (AvgIpc) is 2.97. The van der Waals surface area contributed by atoms with E-state index in [1.165, 1.54) is 0 Å². The van der Waals surface area contributed by atoms with Crippen molar-refractivity contribution < 1.29 is 8.42 Å². The molecule has 0 amide bonds.